The molecule has 0 bridgehead atoms. The molecule has 1 aliphatic rings. The molecule has 98 valence electrons. The average molecular weight is 277 g/mol. The highest BCUT2D eigenvalue weighted by atomic mass is 35.5. The fourth-order valence-electron chi connectivity index (χ4n) is 1.91. The summed E-state index contributed by atoms with van der Waals surface area (Å²) >= 11 is 5.57. The molecule has 0 spiro atoms. The Balaban J connectivity index is 2.33. The number of hydrogen-bond acceptors (Lipinski definition) is 2. The molecule has 0 aromatic heterocycles. The first kappa shape index (κ1) is 13.3. The van der Waals surface area contributed by atoms with Crippen molar-refractivity contribution in [2.75, 3.05) is 0 Å². The van der Waals surface area contributed by atoms with Crippen LogP contribution in [0.5, 0.6) is 0 Å². The van der Waals surface area contributed by atoms with Crippen LogP contribution in [-0.2, 0) is 6.18 Å². The third kappa shape index (κ3) is 2.83. The maximum Gasteiger partial charge on any atom is 0.417 e. The monoisotopic (exact) mass is 276 g/mol. The summed E-state index contributed by atoms with van der Waals surface area (Å²) in [6.45, 7) is 1.93. The average Bonchev–Trinajstić information content (AvgIpc) is 2.29. The Morgan fingerprint density at radius 2 is 1.94 bits per heavy atom. The lowest BCUT2D eigenvalue weighted by Crippen LogP contribution is -2.11. The maximum absolute atomic E-state index is 12.7. The number of azo groups is 1. The van der Waals surface area contributed by atoms with Crippen molar-refractivity contribution in [3.63, 3.8) is 0 Å². The van der Waals surface area contributed by atoms with Gasteiger partial charge in [-0.3, -0.25) is 0 Å². The van der Waals surface area contributed by atoms with E-state index in [2.05, 4.69) is 10.2 Å². The van der Waals surface area contributed by atoms with Crippen LogP contribution in [0, 0.1) is 0 Å². The van der Waals surface area contributed by atoms with Crippen molar-refractivity contribution in [3.8, 4) is 0 Å². The molecule has 0 saturated carbocycles. The molecule has 0 amide bonds. The Bertz CT molecular complexity index is 471. The lowest BCUT2D eigenvalue weighted by Gasteiger charge is -2.20. The highest BCUT2D eigenvalue weighted by Crippen LogP contribution is 2.38. The summed E-state index contributed by atoms with van der Waals surface area (Å²) in [5, 5.41) is 7.78. The summed E-state index contributed by atoms with van der Waals surface area (Å²) in [7, 11) is 0. The van der Waals surface area contributed by atoms with Gasteiger partial charge in [0.25, 0.3) is 0 Å². The first-order chi connectivity index (χ1) is 8.38. The second-order valence-electron chi connectivity index (χ2n) is 4.41. The van der Waals surface area contributed by atoms with E-state index in [0.29, 0.717) is 12.0 Å². The number of halogens is 4. The second kappa shape index (κ2) is 4.88. The van der Waals surface area contributed by atoms with Gasteiger partial charge in [0.15, 0.2) is 0 Å². The molecule has 0 N–H and O–H groups in total. The molecule has 1 aromatic rings. The molecule has 2 unspecified atom stereocenters. The van der Waals surface area contributed by atoms with Crippen LogP contribution in [0.3, 0.4) is 0 Å². The highest BCUT2D eigenvalue weighted by molar-refractivity contribution is 6.31. The smallest absolute Gasteiger partial charge is 0.190 e. The SMILES string of the molecule is CC1CCC(c2ccc(Cl)c(C(F)(F)F)c2)N=N1. The van der Waals surface area contributed by atoms with E-state index in [1.165, 1.54) is 6.07 Å². The van der Waals surface area contributed by atoms with Gasteiger partial charge in [-0.25, -0.2) is 0 Å². The first-order valence-corrected chi connectivity index (χ1v) is 6.02. The van der Waals surface area contributed by atoms with E-state index in [0.717, 1.165) is 12.5 Å². The first-order valence-electron chi connectivity index (χ1n) is 5.64. The number of alkyl halides is 3. The van der Waals surface area contributed by atoms with Gasteiger partial charge in [-0.1, -0.05) is 17.7 Å². The summed E-state index contributed by atoms with van der Waals surface area (Å²) in [5.41, 5.74) is -0.294. The fraction of sp³-hybridized carbons (Fsp3) is 0.500. The second-order valence-corrected chi connectivity index (χ2v) is 4.82. The summed E-state index contributed by atoms with van der Waals surface area (Å²) in [5.74, 6) is 0. The lowest BCUT2D eigenvalue weighted by atomic mass is 9.97. The van der Waals surface area contributed by atoms with E-state index in [-0.39, 0.29) is 17.1 Å². The molecule has 18 heavy (non-hydrogen) atoms. The summed E-state index contributed by atoms with van der Waals surface area (Å²) in [4.78, 5) is 0. The van der Waals surface area contributed by atoms with Gasteiger partial charge in [-0.05, 0) is 37.5 Å². The van der Waals surface area contributed by atoms with E-state index in [9.17, 15) is 13.2 Å². The van der Waals surface area contributed by atoms with Gasteiger partial charge in [0.1, 0.15) is 0 Å². The number of nitrogens with zero attached hydrogens (tertiary/aromatic N) is 2. The molecule has 1 aromatic carbocycles. The lowest BCUT2D eigenvalue weighted by molar-refractivity contribution is -0.137. The van der Waals surface area contributed by atoms with E-state index in [1.807, 2.05) is 6.92 Å². The Morgan fingerprint density at radius 1 is 1.22 bits per heavy atom. The van der Waals surface area contributed by atoms with Crippen molar-refractivity contribution in [1.29, 1.82) is 0 Å². The minimum Gasteiger partial charge on any atom is -0.190 e. The standard InChI is InChI=1S/C12H12ClF3N2/c1-7-2-5-11(18-17-7)8-3-4-10(13)9(6-8)12(14,15)16/h3-4,6-7,11H,2,5H2,1H3. The van der Waals surface area contributed by atoms with Gasteiger partial charge in [0, 0.05) is 0 Å². The highest BCUT2D eigenvalue weighted by Gasteiger charge is 2.34. The van der Waals surface area contributed by atoms with Crippen molar-refractivity contribution >= 4 is 11.6 Å². The molecule has 0 saturated heterocycles. The number of rotatable bonds is 1. The van der Waals surface area contributed by atoms with E-state index in [1.54, 1.807) is 6.07 Å². The van der Waals surface area contributed by atoms with Crippen LogP contribution in [0.25, 0.3) is 0 Å². The van der Waals surface area contributed by atoms with E-state index < -0.39 is 11.7 Å². The van der Waals surface area contributed by atoms with Gasteiger partial charge in [0.05, 0.1) is 22.7 Å². The Morgan fingerprint density at radius 3 is 2.50 bits per heavy atom. The predicted molar refractivity (Wildman–Crippen MR) is 62.7 cm³/mol. The van der Waals surface area contributed by atoms with Crippen LogP contribution < -0.4 is 0 Å². The third-order valence-corrected chi connectivity index (χ3v) is 3.27. The van der Waals surface area contributed by atoms with Gasteiger partial charge >= 0.3 is 6.18 Å². The van der Waals surface area contributed by atoms with Gasteiger partial charge in [0.2, 0.25) is 0 Å². The molecule has 0 aliphatic carbocycles. The molecule has 6 heteroatoms. The Hall–Kier alpha value is -1.10. The quantitative estimate of drug-likeness (QED) is 0.687. The number of hydrogen-bond donors (Lipinski definition) is 0. The topological polar surface area (TPSA) is 24.7 Å². The molecule has 2 rings (SSSR count). The van der Waals surface area contributed by atoms with Crippen molar-refractivity contribution in [2.45, 2.75) is 38.0 Å². The molecule has 0 fully saturated rings. The predicted octanol–water partition coefficient (Wildman–Crippen LogP) is 5.03. The van der Waals surface area contributed by atoms with Gasteiger partial charge in [-0.15, -0.1) is 0 Å². The molecule has 2 atom stereocenters. The van der Waals surface area contributed by atoms with Crippen LogP contribution in [0.15, 0.2) is 28.4 Å². The Labute approximate surface area is 108 Å². The van der Waals surface area contributed by atoms with Crippen LogP contribution in [0.4, 0.5) is 13.2 Å². The Kier molecular flexibility index (Phi) is 3.61. The molecule has 0 radical (unpaired) electrons. The zero-order valence-electron chi connectivity index (χ0n) is 9.71. The largest absolute Gasteiger partial charge is 0.417 e. The van der Waals surface area contributed by atoms with Crippen molar-refractivity contribution in [1.82, 2.24) is 0 Å². The summed E-state index contributed by atoms with van der Waals surface area (Å²) < 4.78 is 38.2. The normalized spacial score (nSPS) is 24.3. The number of benzene rings is 1. The van der Waals surface area contributed by atoms with Gasteiger partial charge in [-0.2, -0.15) is 23.4 Å². The zero-order chi connectivity index (χ0) is 13.3. The van der Waals surface area contributed by atoms with Crippen LogP contribution in [0.1, 0.15) is 36.9 Å². The minimum atomic E-state index is -4.44. The van der Waals surface area contributed by atoms with Crippen LogP contribution in [-0.4, -0.2) is 6.04 Å². The molecule has 1 aliphatic heterocycles. The molecule has 1 heterocycles. The molecule has 2 nitrogen and oxygen atoms in total. The van der Waals surface area contributed by atoms with E-state index >= 15 is 0 Å². The maximum atomic E-state index is 12.7. The third-order valence-electron chi connectivity index (χ3n) is 2.94. The van der Waals surface area contributed by atoms with Gasteiger partial charge < -0.3 is 0 Å². The molecular weight excluding hydrogens is 265 g/mol. The zero-order valence-corrected chi connectivity index (χ0v) is 10.5. The summed E-state index contributed by atoms with van der Waals surface area (Å²) in [6, 6.07) is 3.78. The van der Waals surface area contributed by atoms with E-state index in [4.69, 9.17) is 11.6 Å². The van der Waals surface area contributed by atoms with Crippen LogP contribution >= 0.6 is 11.6 Å². The molecular formula is C12H12ClF3N2. The van der Waals surface area contributed by atoms with Crippen molar-refractivity contribution in [2.24, 2.45) is 10.2 Å². The van der Waals surface area contributed by atoms with Crippen LogP contribution in [0.2, 0.25) is 5.02 Å². The fourth-order valence-corrected chi connectivity index (χ4v) is 2.13. The van der Waals surface area contributed by atoms with Crippen molar-refractivity contribution < 1.29 is 13.2 Å². The minimum absolute atomic E-state index is 0.149. The summed E-state index contributed by atoms with van der Waals surface area (Å²) in [6.07, 6.45) is -2.89. The van der Waals surface area contributed by atoms with Crippen molar-refractivity contribution in [3.05, 3.63) is 34.3 Å².